The second-order valence-electron chi connectivity index (χ2n) is 9.32. The van der Waals surface area contributed by atoms with Crippen LogP contribution in [-0.4, -0.2) is 46.2 Å². The molecule has 3 aromatic rings. The number of anilines is 1. The molecule has 174 valence electrons. The summed E-state index contributed by atoms with van der Waals surface area (Å²) in [5, 5.41) is 2.49. The van der Waals surface area contributed by atoms with E-state index in [1.165, 1.54) is 5.56 Å². The number of rotatable bonds is 3. The summed E-state index contributed by atoms with van der Waals surface area (Å²) >= 11 is 0. The van der Waals surface area contributed by atoms with E-state index in [0.717, 1.165) is 43.7 Å². The summed E-state index contributed by atoms with van der Waals surface area (Å²) in [5.41, 5.74) is 5.55. The van der Waals surface area contributed by atoms with Crippen molar-refractivity contribution in [3.8, 4) is 0 Å². The molecule has 2 aromatic heterocycles. The molecule has 2 amide bonds. The normalized spacial score (nSPS) is 22.0. The summed E-state index contributed by atoms with van der Waals surface area (Å²) in [6, 6.07) is 12.1. The van der Waals surface area contributed by atoms with Crippen LogP contribution in [0.2, 0.25) is 0 Å². The molecule has 35 heavy (non-hydrogen) atoms. The third-order valence-electron chi connectivity index (χ3n) is 7.50. The number of imide groups is 1. The van der Waals surface area contributed by atoms with Gasteiger partial charge in [-0.3, -0.25) is 24.3 Å². The molecule has 8 heteroatoms. The highest BCUT2D eigenvalue weighted by molar-refractivity contribution is 6.47. The van der Waals surface area contributed by atoms with Crippen LogP contribution >= 0.6 is 0 Å². The van der Waals surface area contributed by atoms with Crippen molar-refractivity contribution in [1.82, 2.24) is 14.7 Å². The van der Waals surface area contributed by atoms with Crippen molar-refractivity contribution in [3.05, 3.63) is 83.6 Å². The average molecular weight is 466 g/mol. The number of carbonyl (C=O) groups is 2. The van der Waals surface area contributed by atoms with Crippen LogP contribution in [0, 0.1) is 5.92 Å². The van der Waals surface area contributed by atoms with Gasteiger partial charge in [-0.1, -0.05) is 24.3 Å². The fourth-order valence-electron chi connectivity index (χ4n) is 5.91. The largest absolute Gasteiger partial charge is 0.381 e. The van der Waals surface area contributed by atoms with Gasteiger partial charge in [-0.25, -0.2) is 4.98 Å². The number of hydrogen-bond donors (Lipinski definition) is 1. The molecular formula is C27H23N5O3. The Kier molecular flexibility index (Phi) is 4.50. The van der Waals surface area contributed by atoms with Gasteiger partial charge in [0.2, 0.25) is 0 Å². The van der Waals surface area contributed by atoms with Gasteiger partial charge in [0.15, 0.2) is 0 Å². The number of carbonyl (C=O) groups excluding carboxylic acids is 2. The minimum atomic E-state index is -0.437. The number of aromatic nitrogens is 2. The number of ether oxygens (including phenoxy) is 1. The van der Waals surface area contributed by atoms with Crippen molar-refractivity contribution < 1.29 is 14.3 Å². The van der Waals surface area contributed by atoms with E-state index < -0.39 is 11.8 Å². The minimum absolute atomic E-state index is 0.287. The van der Waals surface area contributed by atoms with E-state index in [1.54, 1.807) is 12.4 Å². The zero-order valence-electron chi connectivity index (χ0n) is 19.0. The van der Waals surface area contributed by atoms with E-state index in [1.807, 2.05) is 47.1 Å². The molecule has 0 aliphatic carbocycles. The molecule has 7 rings (SSSR count). The van der Waals surface area contributed by atoms with E-state index in [2.05, 4.69) is 21.3 Å². The second-order valence-corrected chi connectivity index (χ2v) is 9.32. The Morgan fingerprint density at radius 2 is 1.86 bits per heavy atom. The van der Waals surface area contributed by atoms with E-state index in [4.69, 9.17) is 9.73 Å². The van der Waals surface area contributed by atoms with Crippen molar-refractivity contribution in [2.45, 2.75) is 25.3 Å². The lowest BCUT2D eigenvalue weighted by Crippen LogP contribution is -2.37. The quantitative estimate of drug-likeness (QED) is 0.601. The fourth-order valence-corrected chi connectivity index (χ4v) is 5.91. The molecule has 0 saturated carbocycles. The number of amides is 2. The van der Waals surface area contributed by atoms with Crippen LogP contribution in [0.5, 0.6) is 0 Å². The Bertz CT molecular complexity index is 1490. The average Bonchev–Trinajstić information content (AvgIpc) is 3.51. The first-order chi connectivity index (χ1) is 17.2. The van der Waals surface area contributed by atoms with Crippen LogP contribution in [0.3, 0.4) is 0 Å². The highest BCUT2D eigenvalue weighted by Gasteiger charge is 2.41. The number of benzene rings is 1. The van der Waals surface area contributed by atoms with Crippen LogP contribution in [-0.2, 0) is 20.7 Å². The first-order valence-electron chi connectivity index (χ1n) is 12.0. The molecule has 0 spiro atoms. The van der Waals surface area contributed by atoms with Crippen molar-refractivity contribution in [2.24, 2.45) is 10.9 Å². The summed E-state index contributed by atoms with van der Waals surface area (Å²) in [5.74, 6) is -0.344. The van der Waals surface area contributed by atoms with E-state index in [-0.39, 0.29) is 5.57 Å². The molecular weight excluding hydrogens is 442 g/mol. The maximum atomic E-state index is 13.2. The van der Waals surface area contributed by atoms with Crippen LogP contribution in [0.15, 0.2) is 71.8 Å². The highest BCUT2D eigenvalue weighted by Crippen LogP contribution is 2.43. The maximum Gasteiger partial charge on any atom is 0.261 e. The smallest absolute Gasteiger partial charge is 0.261 e. The molecule has 1 N–H and O–H groups in total. The van der Waals surface area contributed by atoms with Crippen LogP contribution in [0.25, 0.3) is 11.2 Å². The van der Waals surface area contributed by atoms with E-state index in [9.17, 15) is 9.59 Å². The number of pyridine rings is 1. The molecule has 4 aliphatic heterocycles. The molecule has 1 unspecified atom stereocenters. The van der Waals surface area contributed by atoms with Gasteiger partial charge >= 0.3 is 0 Å². The molecule has 0 radical (unpaired) electrons. The Morgan fingerprint density at radius 1 is 1.00 bits per heavy atom. The molecule has 1 saturated heterocycles. The van der Waals surface area contributed by atoms with Gasteiger partial charge in [-0.2, -0.15) is 0 Å². The fraction of sp³-hybridized carbons (Fsp3) is 0.259. The van der Waals surface area contributed by atoms with Crippen LogP contribution < -0.4 is 10.2 Å². The SMILES string of the molecule is O=C1NC(=O)C(c2cnc3ccccn23)=C1C1=NC=CN2c3c(cccc31)CC2C1CCOCC1. The minimum Gasteiger partial charge on any atom is -0.381 e. The number of fused-ring (bicyclic) bond motifs is 1. The third kappa shape index (κ3) is 3.03. The highest BCUT2D eigenvalue weighted by atomic mass is 16.5. The molecule has 4 aliphatic rings. The predicted molar refractivity (Wildman–Crippen MR) is 131 cm³/mol. The van der Waals surface area contributed by atoms with Gasteiger partial charge in [-0.15, -0.1) is 0 Å². The monoisotopic (exact) mass is 465 g/mol. The first-order valence-corrected chi connectivity index (χ1v) is 12.0. The number of aliphatic imine (C=N–C) groups is 1. The predicted octanol–water partition coefficient (Wildman–Crippen LogP) is 2.88. The second kappa shape index (κ2) is 7.74. The Morgan fingerprint density at radius 3 is 2.74 bits per heavy atom. The first kappa shape index (κ1) is 20.3. The number of nitrogens with one attached hydrogen (secondary N) is 1. The molecule has 6 heterocycles. The molecule has 0 bridgehead atoms. The molecule has 8 nitrogen and oxygen atoms in total. The van der Waals surface area contributed by atoms with Gasteiger partial charge in [0.1, 0.15) is 5.65 Å². The summed E-state index contributed by atoms with van der Waals surface area (Å²) in [6.45, 7) is 1.59. The summed E-state index contributed by atoms with van der Waals surface area (Å²) in [4.78, 5) is 37.7. The van der Waals surface area contributed by atoms with Gasteiger partial charge in [0.25, 0.3) is 11.8 Å². The Balaban J connectivity index is 1.39. The van der Waals surface area contributed by atoms with Crippen LogP contribution in [0.1, 0.15) is 29.7 Å². The summed E-state index contributed by atoms with van der Waals surface area (Å²) in [6.07, 6.45) is 10.3. The van der Waals surface area contributed by atoms with Crippen LogP contribution in [0.4, 0.5) is 5.69 Å². The zero-order chi connectivity index (χ0) is 23.5. The molecule has 1 aromatic carbocycles. The molecule has 1 atom stereocenters. The number of para-hydroxylation sites is 1. The van der Waals surface area contributed by atoms with Gasteiger partial charge in [0, 0.05) is 43.4 Å². The Labute approximate surface area is 201 Å². The zero-order valence-corrected chi connectivity index (χ0v) is 19.0. The van der Waals surface area contributed by atoms with Gasteiger partial charge in [-0.05, 0) is 42.9 Å². The van der Waals surface area contributed by atoms with Crippen molar-refractivity contribution in [3.63, 3.8) is 0 Å². The third-order valence-corrected chi connectivity index (χ3v) is 7.50. The van der Waals surface area contributed by atoms with Gasteiger partial charge < -0.3 is 9.64 Å². The number of hydrogen-bond acceptors (Lipinski definition) is 6. The number of imidazole rings is 1. The number of nitrogens with zero attached hydrogens (tertiary/aromatic N) is 4. The summed E-state index contributed by atoms with van der Waals surface area (Å²) in [7, 11) is 0. The standard InChI is InChI=1S/C27H23N5O3/c33-26-22(20-15-29-21-6-1-2-10-31(20)21)23(27(34)30-26)24-18-5-3-4-17-14-19(16-7-12-35-13-8-16)32(25(17)18)11-9-28-24/h1-6,9-11,15-16,19H,7-8,12-14H2,(H,30,33,34). The van der Waals surface area contributed by atoms with Gasteiger partial charge in [0.05, 0.1) is 34.4 Å². The Hall–Kier alpha value is -4.04. The summed E-state index contributed by atoms with van der Waals surface area (Å²) < 4.78 is 7.43. The lowest BCUT2D eigenvalue weighted by atomic mass is 9.89. The molecule has 1 fully saturated rings. The van der Waals surface area contributed by atoms with Crippen molar-refractivity contribution >= 4 is 34.4 Å². The lowest BCUT2D eigenvalue weighted by molar-refractivity contribution is -0.123. The topological polar surface area (TPSA) is 88.3 Å². The van der Waals surface area contributed by atoms with E-state index >= 15 is 0 Å². The lowest BCUT2D eigenvalue weighted by Gasteiger charge is -2.33. The van der Waals surface area contributed by atoms with Crippen molar-refractivity contribution in [2.75, 3.05) is 18.1 Å². The maximum absolute atomic E-state index is 13.2. The van der Waals surface area contributed by atoms with Crippen molar-refractivity contribution in [1.29, 1.82) is 0 Å². The van der Waals surface area contributed by atoms with E-state index in [0.29, 0.717) is 34.6 Å².